The molecule has 0 unspecified atom stereocenters. The van der Waals surface area contributed by atoms with Crippen molar-refractivity contribution in [2.24, 2.45) is 0 Å². The van der Waals surface area contributed by atoms with E-state index >= 15 is 0 Å². The SMILES string of the molecule is O=c1[nH]c2cc3c(cc2[nH]1)ON(c1ccncc1)C=C3. The molecular formula is C14H10N4O2. The highest BCUT2D eigenvalue weighted by molar-refractivity contribution is 5.82. The number of nitrogens with zero attached hydrogens (tertiary/aromatic N) is 2. The van der Waals surface area contributed by atoms with Crippen molar-refractivity contribution in [1.29, 1.82) is 0 Å². The first-order valence-electron chi connectivity index (χ1n) is 6.11. The molecule has 2 N–H and O–H groups in total. The number of anilines is 1. The van der Waals surface area contributed by atoms with E-state index in [0.29, 0.717) is 5.75 Å². The topological polar surface area (TPSA) is 74.0 Å². The fourth-order valence-electron chi connectivity index (χ4n) is 2.20. The maximum atomic E-state index is 11.3. The van der Waals surface area contributed by atoms with Crippen LogP contribution in [0.1, 0.15) is 5.56 Å². The highest BCUT2D eigenvalue weighted by Gasteiger charge is 2.15. The molecule has 4 rings (SSSR count). The minimum atomic E-state index is -0.225. The molecule has 20 heavy (non-hydrogen) atoms. The van der Waals surface area contributed by atoms with Gasteiger partial charge in [-0.2, -0.15) is 5.06 Å². The molecule has 0 radical (unpaired) electrons. The molecule has 2 aromatic heterocycles. The van der Waals surface area contributed by atoms with Gasteiger partial charge < -0.3 is 14.8 Å². The van der Waals surface area contributed by atoms with Crippen LogP contribution in [0.5, 0.6) is 5.75 Å². The highest BCUT2D eigenvalue weighted by atomic mass is 16.7. The summed E-state index contributed by atoms with van der Waals surface area (Å²) in [6.07, 6.45) is 7.17. The number of H-pyrrole nitrogens is 2. The van der Waals surface area contributed by atoms with Gasteiger partial charge in [0.05, 0.1) is 16.7 Å². The van der Waals surface area contributed by atoms with Gasteiger partial charge in [0.15, 0.2) is 5.75 Å². The lowest BCUT2D eigenvalue weighted by Gasteiger charge is -2.24. The Kier molecular flexibility index (Phi) is 2.17. The van der Waals surface area contributed by atoms with Crippen molar-refractivity contribution in [2.45, 2.75) is 0 Å². The summed E-state index contributed by atoms with van der Waals surface area (Å²) in [6, 6.07) is 7.39. The van der Waals surface area contributed by atoms with Crippen molar-refractivity contribution < 1.29 is 4.84 Å². The van der Waals surface area contributed by atoms with E-state index in [4.69, 9.17) is 4.84 Å². The second-order valence-corrected chi connectivity index (χ2v) is 4.45. The summed E-state index contributed by atoms with van der Waals surface area (Å²) in [4.78, 5) is 26.5. The van der Waals surface area contributed by atoms with Crippen molar-refractivity contribution in [3.63, 3.8) is 0 Å². The summed E-state index contributed by atoms with van der Waals surface area (Å²) in [5.41, 5.74) is 3.05. The number of pyridine rings is 1. The molecule has 3 aromatic rings. The standard InChI is InChI=1S/C14H10N4O2/c19-14-16-11-7-9-3-6-18(10-1-4-15-5-2-10)20-13(9)8-12(11)17-14/h1-8H,(H2,16,17,19). The first-order valence-corrected chi connectivity index (χ1v) is 6.11. The van der Waals surface area contributed by atoms with Crippen LogP contribution in [-0.2, 0) is 0 Å². The van der Waals surface area contributed by atoms with Crippen molar-refractivity contribution >= 4 is 22.8 Å². The predicted octanol–water partition coefficient (Wildman–Crippen LogP) is 2.04. The van der Waals surface area contributed by atoms with E-state index in [1.165, 1.54) is 0 Å². The molecule has 0 amide bonds. The van der Waals surface area contributed by atoms with E-state index in [-0.39, 0.29) is 5.69 Å². The fourth-order valence-corrected chi connectivity index (χ4v) is 2.20. The van der Waals surface area contributed by atoms with Gasteiger partial charge in [0.25, 0.3) is 0 Å². The molecule has 0 bridgehead atoms. The van der Waals surface area contributed by atoms with Crippen LogP contribution < -0.4 is 15.6 Å². The molecule has 1 aromatic carbocycles. The number of hydrogen-bond donors (Lipinski definition) is 2. The van der Waals surface area contributed by atoms with Gasteiger partial charge in [0, 0.05) is 30.2 Å². The molecular weight excluding hydrogens is 256 g/mol. The van der Waals surface area contributed by atoms with Gasteiger partial charge in [-0.1, -0.05) is 0 Å². The third-order valence-electron chi connectivity index (χ3n) is 3.15. The van der Waals surface area contributed by atoms with Crippen molar-refractivity contribution in [2.75, 3.05) is 5.06 Å². The largest absolute Gasteiger partial charge is 0.375 e. The van der Waals surface area contributed by atoms with Crippen LogP contribution in [0, 0.1) is 0 Å². The van der Waals surface area contributed by atoms with E-state index in [1.807, 2.05) is 30.5 Å². The van der Waals surface area contributed by atoms with Crippen LogP contribution in [0.3, 0.4) is 0 Å². The number of rotatable bonds is 1. The van der Waals surface area contributed by atoms with Crippen LogP contribution >= 0.6 is 0 Å². The van der Waals surface area contributed by atoms with Gasteiger partial charge in [-0.15, -0.1) is 0 Å². The molecule has 1 aliphatic heterocycles. The van der Waals surface area contributed by atoms with Crippen molar-refractivity contribution in [3.8, 4) is 5.75 Å². The number of hydroxylamine groups is 1. The number of aromatic amines is 2. The van der Waals surface area contributed by atoms with Crippen LogP contribution in [0.15, 0.2) is 47.7 Å². The Morgan fingerprint density at radius 3 is 2.65 bits per heavy atom. The first-order chi connectivity index (χ1) is 9.79. The average Bonchev–Trinajstić information content (AvgIpc) is 2.84. The summed E-state index contributed by atoms with van der Waals surface area (Å²) >= 11 is 0. The Hall–Kier alpha value is -3.02. The molecule has 0 fully saturated rings. The van der Waals surface area contributed by atoms with Gasteiger partial charge in [-0.05, 0) is 24.3 Å². The minimum absolute atomic E-state index is 0.225. The highest BCUT2D eigenvalue weighted by Crippen LogP contribution is 2.30. The van der Waals surface area contributed by atoms with E-state index in [2.05, 4.69) is 15.0 Å². The summed E-state index contributed by atoms with van der Waals surface area (Å²) in [5.74, 6) is 0.687. The molecule has 3 heterocycles. The number of fused-ring (bicyclic) bond motifs is 2. The zero-order chi connectivity index (χ0) is 13.5. The van der Waals surface area contributed by atoms with Gasteiger partial charge in [-0.25, -0.2) is 4.79 Å². The molecule has 0 saturated heterocycles. The lowest BCUT2D eigenvalue weighted by atomic mass is 10.1. The van der Waals surface area contributed by atoms with E-state index in [9.17, 15) is 4.79 Å². The Balaban J connectivity index is 1.79. The second-order valence-electron chi connectivity index (χ2n) is 4.45. The molecule has 6 heteroatoms. The van der Waals surface area contributed by atoms with Crippen molar-refractivity contribution in [3.05, 3.63) is 58.9 Å². The smallest absolute Gasteiger partial charge is 0.323 e. The number of hydrogen-bond acceptors (Lipinski definition) is 4. The Bertz CT molecular complexity index is 864. The van der Waals surface area contributed by atoms with Gasteiger partial charge in [0.2, 0.25) is 0 Å². The van der Waals surface area contributed by atoms with Gasteiger partial charge >= 0.3 is 5.69 Å². The van der Waals surface area contributed by atoms with Crippen LogP contribution in [0.4, 0.5) is 5.69 Å². The average molecular weight is 266 g/mol. The monoisotopic (exact) mass is 266 g/mol. The lowest BCUT2D eigenvalue weighted by molar-refractivity contribution is 0.315. The summed E-state index contributed by atoms with van der Waals surface area (Å²) in [6.45, 7) is 0. The van der Waals surface area contributed by atoms with Crippen LogP contribution in [0.2, 0.25) is 0 Å². The zero-order valence-electron chi connectivity index (χ0n) is 10.3. The number of aromatic nitrogens is 3. The summed E-state index contributed by atoms with van der Waals surface area (Å²) < 4.78 is 0. The minimum Gasteiger partial charge on any atom is -0.375 e. The number of imidazole rings is 1. The molecule has 0 saturated carbocycles. The third-order valence-corrected chi connectivity index (χ3v) is 3.15. The quantitative estimate of drug-likeness (QED) is 0.706. The summed E-state index contributed by atoms with van der Waals surface area (Å²) in [7, 11) is 0. The zero-order valence-corrected chi connectivity index (χ0v) is 10.3. The maximum absolute atomic E-state index is 11.3. The normalized spacial score (nSPS) is 13.3. The fraction of sp³-hybridized carbons (Fsp3) is 0. The molecule has 0 spiro atoms. The Labute approximate surface area is 113 Å². The third kappa shape index (κ3) is 1.66. The molecule has 1 aliphatic rings. The number of nitrogens with one attached hydrogen (secondary N) is 2. The van der Waals surface area contributed by atoms with Gasteiger partial charge in [-0.3, -0.25) is 4.98 Å². The molecule has 98 valence electrons. The Morgan fingerprint density at radius 1 is 1.10 bits per heavy atom. The molecule has 0 aliphatic carbocycles. The molecule has 0 atom stereocenters. The second kappa shape index (κ2) is 3.99. The van der Waals surface area contributed by atoms with E-state index in [0.717, 1.165) is 22.3 Å². The summed E-state index contributed by atoms with van der Waals surface area (Å²) in [5, 5.41) is 1.65. The molecule has 6 nitrogen and oxygen atoms in total. The number of benzene rings is 1. The maximum Gasteiger partial charge on any atom is 0.323 e. The van der Waals surface area contributed by atoms with E-state index in [1.54, 1.807) is 23.5 Å². The first kappa shape index (κ1) is 10.9. The predicted molar refractivity (Wildman–Crippen MR) is 75.3 cm³/mol. The Morgan fingerprint density at radius 2 is 1.85 bits per heavy atom. The lowest BCUT2D eigenvalue weighted by Crippen LogP contribution is -2.23. The van der Waals surface area contributed by atoms with Crippen LogP contribution in [0.25, 0.3) is 17.1 Å². The van der Waals surface area contributed by atoms with Crippen LogP contribution in [-0.4, -0.2) is 15.0 Å². The van der Waals surface area contributed by atoms with Gasteiger partial charge in [0.1, 0.15) is 0 Å². The van der Waals surface area contributed by atoms with E-state index < -0.39 is 0 Å². The van der Waals surface area contributed by atoms with Crippen molar-refractivity contribution in [1.82, 2.24) is 15.0 Å².